The van der Waals surface area contributed by atoms with Crippen molar-refractivity contribution < 1.29 is 23.5 Å². The van der Waals surface area contributed by atoms with Gasteiger partial charge >= 0.3 is 0 Å². The molecule has 1 fully saturated rings. The lowest BCUT2D eigenvalue weighted by Gasteiger charge is -2.26. The zero-order valence-electron chi connectivity index (χ0n) is 18.0. The fraction of sp³-hybridized carbons (Fsp3) is 0.304. The predicted molar refractivity (Wildman–Crippen MR) is 123 cm³/mol. The summed E-state index contributed by atoms with van der Waals surface area (Å²) in [6.07, 6.45) is 1.82. The van der Waals surface area contributed by atoms with Crippen LogP contribution in [0.15, 0.2) is 43.1 Å². The number of fused-ring (bicyclic) bond motifs is 1. The first-order valence-corrected chi connectivity index (χ1v) is 11.0. The number of aromatic nitrogens is 3. The van der Waals surface area contributed by atoms with E-state index < -0.39 is 18.0 Å². The number of benzene rings is 1. The minimum absolute atomic E-state index is 0.0119. The van der Waals surface area contributed by atoms with E-state index in [4.69, 9.17) is 11.6 Å². The van der Waals surface area contributed by atoms with Gasteiger partial charge in [-0.3, -0.25) is 19.9 Å². The number of hydrogen-bond donors (Lipinski definition) is 2. The Morgan fingerprint density at radius 2 is 2.09 bits per heavy atom. The summed E-state index contributed by atoms with van der Waals surface area (Å²) in [5.41, 5.74) is 0.295. The fourth-order valence-electron chi connectivity index (χ4n) is 4.12. The van der Waals surface area contributed by atoms with Crippen molar-refractivity contribution in [1.29, 1.82) is 0 Å². The van der Waals surface area contributed by atoms with E-state index in [2.05, 4.69) is 21.9 Å². The van der Waals surface area contributed by atoms with Crippen molar-refractivity contribution in [2.24, 2.45) is 0 Å². The van der Waals surface area contributed by atoms with E-state index in [1.165, 1.54) is 18.2 Å². The molecule has 3 aromatic rings. The molecule has 178 valence electrons. The maximum absolute atomic E-state index is 13.0. The maximum Gasteiger partial charge on any atom is 0.280 e. The Kier molecular flexibility index (Phi) is 6.78. The summed E-state index contributed by atoms with van der Waals surface area (Å²) in [6, 6.07) is 4.98. The van der Waals surface area contributed by atoms with E-state index in [-0.39, 0.29) is 34.2 Å². The van der Waals surface area contributed by atoms with Gasteiger partial charge in [0.05, 0.1) is 17.1 Å². The Hall–Kier alpha value is -3.53. The molecule has 1 saturated heterocycles. The molecule has 1 aliphatic rings. The molecule has 2 N–H and O–H groups in total. The molecule has 1 atom stereocenters. The largest absolute Gasteiger partial charge is 0.506 e. The number of nitrogens with one attached hydrogen (secondary N) is 1. The number of carbonyl (C=O) groups excluding carboxylic acids is 2. The summed E-state index contributed by atoms with van der Waals surface area (Å²) in [6.45, 7) is 4.43. The van der Waals surface area contributed by atoms with Crippen LogP contribution in [0.5, 0.6) is 5.75 Å². The Morgan fingerprint density at radius 1 is 1.29 bits per heavy atom. The van der Waals surface area contributed by atoms with Gasteiger partial charge in [0, 0.05) is 24.8 Å². The van der Waals surface area contributed by atoms with Gasteiger partial charge < -0.3 is 14.6 Å². The molecule has 0 spiro atoms. The minimum Gasteiger partial charge on any atom is -0.506 e. The van der Waals surface area contributed by atoms with Crippen LogP contribution in [0.3, 0.4) is 0 Å². The molecule has 0 bridgehead atoms. The molecule has 3 heterocycles. The summed E-state index contributed by atoms with van der Waals surface area (Å²) < 4.78 is 27.8. The maximum atomic E-state index is 13.0. The number of imidazole rings is 1. The number of pyridine rings is 1. The van der Waals surface area contributed by atoms with Crippen LogP contribution in [0.4, 0.5) is 14.7 Å². The van der Waals surface area contributed by atoms with Crippen molar-refractivity contribution in [3.05, 3.63) is 59.4 Å². The fourth-order valence-corrected chi connectivity index (χ4v) is 4.37. The van der Waals surface area contributed by atoms with Gasteiger partial charge in [-0.1, -0.05) is 18.2 Å². The molecular weight excluding hydrogens is 468 g/mol. The summed E-state index contributed by atoms with van der Waals surface area (Å²) in [5, 5.41) is 12.9. The quantitative estimate of drug-likeness (QED) is 0.505. The van der Waals surface area contributed by atoms with Crippen molar-refractivity contribution >= 4 is 40.4 Å². The first kappa shape index (κ1) is 23.6. The molecular formula is C23H22ClF2N5O3. The Labute approximate surface area is 198 Å². The van der Waals surface area contributed by atoms with Gasteiger partial charge in [-0.25, -0.2) is 13.8 Å². The molecule has 0 saturated carbocycles. The van der Waals surface area contributed by atoms with Crippen LogP contribution in [0.1, 0.15) is 47.8 Å². The molecule has 8 nitrogen and oxygen atoms in total. The molecule has 2 amide bonds. The van der Waals surface area contributed by atoms with Crippen LogP contribution in [0, 0.1) is 0 Å². The van der Waals surface area contributed by atoms with Crippen LogP contribution in [-0.4, -0.2) is 49.4 Å². The number of amides is 2. The van der Waals surface area contributed by atoms with Crippen LogP contribution < -0.4 is 5.32 Å². The van der Waals surface area contributed by atoms with E-state index in [0.717, 1.165) is 25.1 Å². The smallest absolute Gasteiger partial charge is 0.280 e. The van der Waals surface area contributed by atoms with E-state index in [1.54, 1.807) is 15.5 Å². The number of likely N-dealkylation sites (tertiary alicyclic amines) is 1. The van der Waals surface area contributed by atoms with E-state index in [0.29, 0.717) is 30.5 Å². The zero-order chi connectivity index (χ0) is 24.4. The van der Waals surface area contributed by atoms with Gasteiger partial charge in [0.1, 0.15) is 16.5 Å². The summed E-state index contributed by atoms with van der Waals surface area (Å²) in [4.78, 5) is 35.0. The molecule has 34 heavy (non-hydrogen) atoms. The van der Waals surface area contributed by atoms with Gasteiger partial charge in [0.25, 0.3) is 12.3 Å². The average molecular weight is 490 g/mol. The third-order valence-electron chi connectivity index (χ3n) is 5.76. The highest BCUT2D eigenvalue weighted by Gasteiger charge is 2.28. The van der Waals surface area contributed by atoms with Crippen LogP contribution in [0.25, 0.3) is 11.0 Å². The van der Waals surface area contributed by atoms with Crippen molar-refractivity contribution in [3.8, 4) is 5.75 Å². The number of anilines is 1. The number of hydrogen-bond acceptors (Lipinski definition) is 5. The van der Waals surface area contributed by atoms with Crippen molar-refractivity contribution in [2.45, 2.75) is 31.7 Å². The van der Waals surface area contributed by atoms with Crippen LogP contribution in [0.2, 0.25) is 5.02 Å². The number of phenols is 1. The molecule has 1 aromatic carbocycles. The first-order valence-electron chi connectivity index (χ1n) is 10.7. The third-order valence-corrected chi connectivity index (χ3v) is 6.13. The first-order chi connectivity index (χ1) is 16.3. The standard InChI is InChI=1S/C23H22ClF2N5O3/c1-2-18(33)30-10-4-3-5-14(12-30)31-20-15(6-7-17(32)19(20)24)28-23(31)29-22(34)13-8-9-27-16(11-13)21(25)26/h2,6-9,11,14,21,32H,1,3-5,10,12H2,(H,28,29,34). The van der Waals surface area contributed by atoms with E-state index >= 15 is 0 Å². The van der Waals surface area contributed by atoms with Gasteiger partial charge in [-0.15, -0.1) is 0 Å². The SMILES string of the molecule is C=CC(=O)N1CCCCC(n2c(NC(=O)c3ccnc(C(F)F)c3)nc3ccc(O)c(Cl)c32)C1. The molecule has 2 aromatic heterocycles. The van der Waals surface area contributed by atoms with Crippen molar-refractivity contribution in [2.75, 3.05) is 18.4 Å². The number of aromatic hydroxyl groups is 1. The van der Waals surface area contributed by atoms with E-state index in [9.17, 15) is 23.5 Å². The second-order valence-corrected chi connectivity index (χ2v) is 8.31. The lowest BCUT2D eigenvalue weighted by atomic mass is 10.1. The van der Waals surface area contributed by atoms with Gasteiger partial charge in [0.2, 0.25) is 11.9 Å². The number of alkyl halides is 2. The number of halogens is 3. The van der Waals surface area contributed by atoms with E-state index in [1.807, 2.05) is 0 Å². The molecule has 1 unspecified atom stereocenters. The number of carbonyl (C=O) groups is 2. The summed E-state index contributed by atoms with van der Waals surface area (Å²) >= 11 is 6.43. The summed E-state index contributed by atoms with van der Waals surface area (Å²) in [5.74, 6) is -0.904. The highest BCUT2D eigenvalue weighted by Crippen LogP contribution is 2.38. The normalized spacial score (nSPS) is 16.5. The number of nitrogens with zero attached hydrogens (tertiary/aromatic N) is 4. The lowest BCUT2D eigenvalue weighted by molar-refractivity contribution is -0.126. The lowest BCUT2D eigenvalue weighted by Crippen LogP contribution is -2.34. The number of phenolic OH excluding ortho intramolecular Hbond substituents is 1. The zero-order valence-corrected chi connectivity index (χ0v) is 18.8. The number of rotatable bonds is 5. The minimum atomic E-state index is -2.82. The topological polar surface area (TPSA) is 100 Å². The second-order valence-electron chi connectivity index (χ2n) is 7.93. The van der Waals surface area contributed by atoms with Crippen LogP contribution in [-0.2, 0) is 4.79 Å². The third kappa shape index (κ3) is 4.58. The highest BCUT2D eigenvalue weighted by atomic mass is 35.5. The molecule has 0 radical (unpaired) electrons. The Balaban J connectivity index is 1.78. The molecule has 11 heteroatoms. The molecule has 4 rings (SSSR count). The summed E-state index contributed by atoms with van der Waals surface area (Å²) in [7, 11) is 0. The molecule has 0 aliphatic carbocycles. The van der Waals surface area contributed by atoms with Crippen LogP contribution >= 0.6 is 11.6 Å². The second kappa shape index (κ2) is 9.76. The highest BCUT2D eigenvalue weighted by molar-refractivity contribution is 6.36. The van der Waals surface area contributed by atoms with Crippen molar-refractivity contribution in [3.63, 3.8) is 0 Å². The molecule has 1 aliphatic heterocycles. The Bertz CT molecular complexity index is 1260. The average Bonchev–Trinajstić information content (AvgIpc) is 3.02. The van der Waals surface area contributed by atoms with Crippen molar-refractivity contribution in [1.82, 2.24) is 19.4 Å². The predicted octanol–water partition coefficient (Wildman–Crippen LogP) is 4.72. The monoisotopic (exact) mass is 489 g/mol. The van der Waals surface area contributed by atoms with Gasteiger partial charge in [-0.2, -0.15) is 0 Å². The van der Waals surface area contributed by atoms with Gasteiger partial charge in [0.15, 0.2) is 0 Å². The Morgan fingerprint density at radius 3 is 2.82 bits per heavy atom. The van der Waals surface area contributed by atoms with Gasteiger partial charge in [-0.05, 0) is 49.6 Å².